The molecule has 3 aromatic rings. The van der Waals surface area contributed by atoms with Crippen LogP contribution in [0, 0.1) is 0 Å². The van der Waals surface area contributed by atoms with Gasteiger partial charge in [-0.05, 0) is 81.0 Å². The molecule has 17 nitrogen and oxygen atoms in total. The van der Waals surface area contributed by atoms with E-state index in [9.17, 15) is 33.6 Å². The zero-order valence-corrected chi connectivity index (χ0v) is 54.2. The van der Waals surface area contributed by atoms with Crippen LogP contribution in [0.4, 0.5) is 17.1 Å². The van der Waals surface area contributed by atoms with Gasteiger partial charge in [-0.2, -0.15) is 0 Å². The van der Waals surface area contributed by atoms with Crippen molar-refractivity contribution in [2.45, 2.75) is 247 Å². The molecule has 0 atom stereocenters. The molecule has 0 bridgehead atoms. The van der Waals surface area contributed by atoms with Crippen LogP contribution in [0.2, 0.25) is 0 Å². The minimum Gasteiger partial charge on any atom is -0.493 e. The topological polar surface area (TPSA) is 229 Å². The molecule has 6 N–H and O–H groups in total. The number of rotatable bonds is 51. The molecule has 486 valence electrons. The summed E-state index contributed by atoms with van der Waals surface area (Å²) >= 11 is 0. The summed E-state index contributed by atoms with van der Waals surface area (Å²) in [5.41, 5.74) is 1.12. The van der Waals surface area contributed by atoms with Crippen molar-refractivity contribution in [2.24, 2.45) is 0 Å². The molecule has 0 spiro atoms. The van der Waals surface area contributed by atoms with Gasteiger partial charge in [0, 0.05) is 36.1 Å². The molecule has 0 aliphatic heterocycles. The molecule has 0 aromatic heterocycles. The minimum absolute atomic E-state index is 0.0463. The Bertz CT molecular complexity index is 2480. The number of hydrogen-bond donors (Lipinski definition) is 6. The SMILES string of the molecule is CCCCCCCCOC(=O)c1cc(NC(=O)CNC(=O)c2cc(NC(=O)CCCCC)ccc2OCCCCCCCC)cc(NC(=O)CNC(=O)c2cc(C(=O)NCCCCCC)c(OCCCCCCCC)cc2OCCCCCCCC)c1. The smallest absolute Gasteiger partial charge is 0.338 e. The molecular formula is C70H110N6O11. The van der Waals surface area contributed by atoms with Gasteiger partial charge in [-0.1, -0.05) is 202 Å². The van der Waals surface area contributed by atoms with Crippen molar-refractivity contribution in [3.63, 3.8) is 0 Å². The second kappa shape index (κ2) is 47.4. The van der Waals surface area contributed by atoms with Gasteiger partial charge >= 0.3 is 5.97 Å². The van der Waals surface area contributed by atoms with E-state index in [1.54, 1.807) is 24.3 Å². The first kappa shape index (κ1) is 74.6. The van der Waals surface area contributed by atoms with Crippen LogP contribution in [0.5, 0.6) is 17.2 Å². The third-order valence-corrected chi connectivity index (χ3v) is 15.0. The maximum Gasteiger partial charge on any atom is 0.338 e. The highest BCUT2D eigenvalue weighted by Crippen LogP contribution is 2.31. The first-order valence-corrected chi connectivity index (χ1v) is 33.6. The van der Waals surface area contributed by atoms with Crippen LogP contribution in [0.3, 0.4) is 0 Å². The van der Waals surface area contributed by atoms with Gasteiger partial charge in [0.05, 0.1) is 61.8 Å². The van der Waals surface area contributed by atoms with Crippen LogP contribution in [-0.4, -0.2) is 87.5 Å². The maximum absolute atomic E-state index is 14.3. The standard InChI is InChI=1S/C70H110N6O11/c1-7-13-19-24-28-34-42-84-61-40-39-55(74-64(77)38-32-18-12-6)49-58(61)68(81)72-52-65(78)75-56-46-54(70(83)87-45-37-31-27-22-16-10-4)47-57(48-56)76-66(79)53-73-69(82)60-50-59(67(80)71-41-33-23-17-11-5)62(85-43-35-29-25-20-14-8-2)51-63(60)86-44-36-30-26-21-15-9-3/h39-40,46-51H,7-38,41-45,52-53H2,1-6H3,(H,71,80)(H,72,81)(H,73,82)(H,74,77)(H,75,78)(H,76,79). The summed E-state index contributed by atoms with van der Waals surface area (Å²) in [6.45, 7) is 13.6. The fourth-order valence-corrected chi connectivity index (χ4v) is 9.81. The predicted molar refractivity (Wildman–Crippen MR) is 351 cm³/mol. The number of esters is 1. The molecule has 3 aromatic carbocycles. The van der Waals surface area contributed by atoms with Gasteiger partial charge in [0.1, 0.15) is 17.2 Å². The summed E-state index contributed by atoms with van der Waals surface area (Å²) < 4.78 is 24.4. The number of hydrogen-bond acceptors (Lipinski definition) is 11. The Hall–Kier alpha value is -6.65. The fraction of sp³-hybridized carbons (Fsp3) is 0.643. The number of carbonyl (C=O) groups is 7. The van der Waals surface area contributed by atoms with Gasteiger partial charge in [-0.15, -0.1) is 0 Å². The molecule has 0 heterocycles. The lowest BCUT2D eigenvalue weighted by molar-refractivity contribution is -0.116. The van der Waals surface area contributed by atoms with Gasteiger partial charge in [-0.3, -0.25) is 28.8 Å². The van der Waals surface area contributed by atoms with Crippen molar-refractivity contribution >= 4 is 58.5 Å². The lowest BCUT2D eigenvalue weighted by Crippen LogP contribution is -2.34. The molecule has 0 unspecified atom stereocenters. The summed E-state index contributed by atoms with van der Waals surface area (Å²) in [4.78, 5) is 95.9. The number of benzene rings is 3. The van der Waals surface area contributed by atoms with E-state index in [-0.39, 0.29) is 57.8 Å². The number of ether oxygens (including phenoxy) is 4. The normalized spacial score (nSPS) is 10.9. The van der Waals surface area contributed by atoms with Crippen LogP contribution < -0.4 is 46.1 Å². The average molecular weight is 1210 g/mol. The molecule has 0 fully saturated rings. The molecule has 0 saturated heterocycles. The highest BCUT2D eigenvalue weighted by Gasteiger charge is 2.24. The van der Waals surface area contributed by atoms with Crippen LogP contribution in [0.1, 0.15) is 288 Å². The fourth-order valence-electron chi connectivity index (χ4n) is 9.81. The Kier molecular flexibility index (Phi) is 40.7. The van der Waals surface area contributed by atoms with Crippen molar-refractivity contribution < 1.29 is 52.5 Å². The van der Waals surface area contributed by atoms with Crippen molar-refractivity contribution in [3.8, 4) is 17.2 Å². The molecule has 3 rings (SSSR count). The summed E-state index contributed by atoms with van der Waals surface area (Å²) in [6.07, 6.45) is 31.7. The molecule has 87 heavy (non-hydrogen) atoms. The van der Waals surface area contributed by atoms with Gasteiger partial charge in [-0.25, -0.2) is 4.79 Å². The van der Waals surface area contributed by atoms with Gasteiger partial charge in [0.15, 0.2) is 0 Å². The van der Waals surface area contributed by atoms with Crippen LogP contribution in [-0.2, 0) is 19.1 Å². The predicted octanol–water partition coefficient (Wildman–Crippen LogP) is 16.0. The maximum atomic E-state index is 14.3. The number of carbonyl (C=O) groups excluding carboxylic acids is 7. The molecule has 6 amide bonds. The largest absolute Gasteiger partial charge is 0.493 e. The van der Waals surface area contributed by atoms with Crippen molar-refractivity contribution in [1.29, 1.82) is 0 Å². The zero-order valence-electron chi connectivity index (χ0n) is 54.2. The van der Waals surface area contributed by atoms with Crippen LogP contribution in [0.15, 0.2) is 48.5 Å². The van der Waals surface area contributed by atoms with Crippen LogP contribution >= 0.6 is 0 Å². The third kappa shape index (κ3) is 32.8. The first-order chi connectivity index (χ1) is 42.4. The number of amides is 6. The molecule has 0 aliphatic carbocycles. The van der Waals surface area contributed by atoms with Crippen LogP contribution in [0.25, 0.3) is 0 Å². The second-order valence-electron chi connectivity index (χ2n) is 22.9. The van der Waals surface area contributed by atoms with E-state index in [0.29, 0.717) is 56.4 Å². The van der Waals surface area contributed by atoms with Gasteiger partial charge in [0.25, 0.3) is 17.7 Å². The Morgan fingerprint density at radius 2 is 0.713 bits per heavy atom. The number of unbranched alkanes of at least 4 members (excludes halogenated alkanes) is 25. The Balaban J connectivity index is 1.88. The Morgan fingerprint density at radius 3 is 1.18 bits per heavy atom. The molecule has 17 heteroatoms. The molecular weight excluding hydrogens is 1100 g/mol. The van der Waals surface area contributed by atoms with E-state index in [1.807, 2.05) is 0 Å². The lowest BCUT2D eigenvalue weighted by Gasteiger charge is -2.18. The van der Waals surface area contributed by atoms with E-state index in [4.69, 9.17) is 18.9 Å². The highest BCUT2D eigenvalue weighted by molar-refractivity contribution is 6.06. The summed E-state index contributed by atoms with van der Waals surface area (Å²) in [5.74, 6) is -2.90. The summed E-state index contributed by atoms with van der Waals surface area (Å²) in [6, 6.07) is 12.3. The van der Waals surface area contributed by atoms with Crippen molar-refractivity contribution in [2.75, 3.05) is 62.0 Å². The zero-order chi connectivity index (χ0) is 63.1. The van der Waals surface area contributed by atoms with E-state index in [0.717, 1.165) is 180 Å². The van der Waals surface area contributed by atoms with Crippen molar-refractivity contribution in [1.82, 2.24) is 16.0 Å². The molecule has 0 saturated carbocycles. The number of anilines is 3. The number of nitrogens with one attached hydrogen (secondary N) is 6. The van der Waals surface area contributed by atoms with Gasteiger partial charge in [0.2, 0.25) is 17.7 Å². The Morgan fingerprint density at radius 1 is 0.333 bits per heavy atom. The van der Waals surface area contributed by atoms with Crippen molar-refractivity contribution in [3.05, 3.63) is 70.8 Å². The van der Waals surface area contributed by atoms with E-state index in [2.05, 4.69) is 73.4 Å². The third-order valence-electron chi connectivity index (χ3n) is 15.0. The first-order valence-electron chi connectivity index (χ1n) is 33.6. The minimum atomic E-state index is -0.670. The summed E-state index contributed by atoms with van der Waals surface area (Å²) in [5, 5.41) is 16.8. The monoisotopic (exact) mass is 1210 g/mol. The average Bonchev–Trinajstić information content (AvgIpc) is 2.10. The molecule has 0 aliphatic rings. The van der Waals surface area contributed by atoms with E-state index >= 15 is 0 Å². The van der Waals surface area contributed by atoms with E-state index < -0.39 is 42.7 Å². The van der Waals surface area contributed by atoms with E-state index in [1.165, 1.54) is 37.1 Å². The van der Waals surface area contributed by atoms with Gasteiger partial charge < -0.3 is 50.8 Å². The highest BCUT2D eigenvalue weighted by atomic mass is 16.5. The Labute approximate surface area is 521 Å². The quantitative estimate of drug-likeness (QED) is 0.0230. The lowest BCUT2D eigenvalue weighted by atomic mass is 10.1. The second-order valence-corrected chi connectivity index (χ2v) is 22.9. The molecule has 0 radical (unpaired) electrons. The summed E-state index contributed by atoms with van der Waals surface area (Å²) in [7, 11) is 0.